The predicted molar refractivity (Wildman–Crippen MR) is 93.9 cm³/mol. The lowest BCUT2D eigenvalue weighted by atomic mass is 10.0. The van der Waals surface area contributed by atoms with E-state index >= 15 is 0 Å². The van der Waals surface area contributed by atoms with Gasteiger partial charge in [0, 0.05) is 11.2 Å². The fraction of sp³-hybridized carbons (Fsp3) is 0.389. The summed E-state index contributed by atoms with van der Waals surface area (Å²) in [4.78, 5) is 12.4. The van der Waals surface area contributed by atoms with Crippen molar-refractivity contribution in [2.24, 2.45) is 0 Å². The average Bonchev–Trinajstić information content (AvgIpc) is 2.46. The number of carbonyl (C=O) groups excluding carboxylic acids is 1. The molecule has 0 spiro atoms. The summed E-state index contributed by atoms with van der Waals surface area (Å²) in [5.74, 6) is 0.723. The first-order valence-corrected chi connectivity index (χ1v) is 7.78. The number of carbonyl (C=O) groups is 1. The number of hydrogen-bond acceptors (Lipinski definition) is 4. The zero-order valence-electron chi connectivity index (χ0n) is 14.3. The molecule has 0 fully saturated rings. The Morgan fingerprint density at radius 1 is 1.04 bits per heavy atom. The molecule has 0 saturated carbocycles. The molecule has 2 rings (SSSR count). The van der Waals surface area contributed by atoms with Gasteiger partial charge in [-0.3, -0.25) is 4.79 Å². The summed E-state index contributed by atoms with van der Waals surface area (Å²) < 4.78 is 0. The fourth-order valence-corrected chi connectivity index (χ4v) is 2.20. The van der Waals surface area contributed by atoms with Crippen molar-refractivity contribution in [1.29, 1.82) is 0 Å². The van der Waals surface area contributed by atoms with E-state index in [-0.39, 0.29) is 11.4 Å². The van der Waals surface area contributed by atoms with Crippen molar-refractivity contribution in [2.75, 3.05) is 10.6 Å². The van der Waals surface area contributed by atoms with E-state index in [2.05, 4.69) is 34.7 Å². The number of anilines is 2. The largest absolute Gasteiger partial charge is 0.364 e. The van der Waals surface area contributed by atoms with E-state index in [1.807, 2.05) is 45.0 Å². The minimum atomic E-state index is -0.257. The zero-order chi connectivity index (χ0) is 17.0. The molecule has 122 valence electrons. The lowest BCUT2D eigenvalue weighted by Crippen LogP contribution is -2.27. The van der Waals surface area contributed by atoms with Crippen LogP contribution in [0.3, 0.4) is 0 Å². The molecule has 1 heterocycles. The van der Waals surface area contributed by atoms with Crippen molar-refractivity contribution in [3.8, 4) is 0 Å². The summed E-state index contributed by atoms with van der Waals surface area (Å²) >= 11 is 0. The van der Waals surface area contributed by atoms with Gasteiger partial charge >= 0.3 is 0 Å². The van der Waals surface area contributed by atoms with Crippen molar-refractivity contribution in [3.63, 3.8) is 0 Å². The molecule has 5 nitrogen and oxygen atoms in total. The van der Waals surface area contributed by atoms with Crippen LogP contribution in [0, 0.1) is 0 Å². The molecule has 2 N–H and O–H groups in total. The minimum Gasteiger partial charge on any atom is -0.364 e. The third-order valence-corrected chi connectivity index (χ3v) is 3.23. The van der Waals surface area contributed by atoms with E-state index in [0.29, 0.717) is 17.4 Å². The number of rotatable bonds is 4. The number of aromatic nitrogens is 2. The highest BCUT2D eigenvalue weighted by Crippen LogP contribution is 2.24. The normalized spacial score (nSPS) is 11.4. The standard InChI is InChI=1S/C18H24N4O/c1-12(2)13-8-6-7-9-14(13)19-17(23)15-10-11-16(22-21-15)20-18(3,4)5/h6-12H,1-5H3,(H,19,23)(H,20,22). The molecule has 0 unspecified atom stereocenters. The maximum Gasteiger partial charge on any atom is 0.276 e. The van der Waals surface area contributed by atoms with Gasteiger partial charge in [-0.1, -0.05) is 32.0 Å². The van der Waals surface area contributed by atoms with Crippen LogP contribution in [0.5, 0.6) is 0 Å². The van der Waals surface area contributed by atoms with Gasteiger partial charge in [0.25, 0.3) is 5.91 Å². The smallest absolute Gasteiger partial charge is 0.276 e. The van der Waals surface area contributed by atoms with Gasteiger partial charge < -0.3 is 10.6 Å². The van der Waals surface area contributed by atoms with Gasteiger partial charge in [-0.25, -0.2) is 0 Å². The van der Waals surface area contributed by atoms with Crippen molar-refractivity contribution < 1.29 is 4.79 Å². The van der Waals surface area contributed by atoms with E-state index in [9.17, 15) is 4.79 Å². The van der Waals surface area contributed by atoms with Crippen molar-refractivity contribution >= 4 is 17.4 Å². The van der Waals surface area contributed by atoms with Crippen LogP contribution in [0.25, 0.3) is 0 Å². The molecule has 0 aliphatic carbocycles. The second kappa shape index (κ2) is 6.77. The molecule has 0 bridgehead atoms. The SMILES string of the molecule is CC(C)c1ccccc1NC(=O)c1ccc(NC(C)(C)C)nn1. The molecule has 1 aromatic carbocycles. The van der Waals surface area contributed by atoms with Crippen molar-refractivity contribution in [1.82, 2.24) is 10.2 Å². The quantitative estimate of drug-likeness (QED) is 0.893. The van der Waals surface area contributed by atoms with Gasteiger partial charge in [0.05, 0.1) is 0 Å². The Morgan fingerprint density at radius 2 is 1.74 bits per heavy atom. The Balaban J connectivity index is 2.13. The summed E-state index contributed by atoms with van der Waals surface area (Å²) in [6, 6.07) is 11.2. The molecule has 0 aliphatic heterocycles. The summed E-state index contributed by atoms with van der Waals surface area (Å²) in [6.45, 7) is 10.3. The van der Waals surface area contributed by atoms with Crippen LogP contribution in [0.1, 0.15) is 56.6 Å². The second-order valence-electron chi connectivity index (χ2n) is 6.87. The van der Waals surface area contributed by atoms with Gasteiger partial charge in [0.1, 0.15) is 5.82 Å². The zero-order valence-corrected chi connectivity index (χ0v) is 14.3. The van der Waals surface area contributed by atoms with Crippen LogP contribution in [0.2, 0.25) is 0 Å². The number of para-hydroxylation sites is 1. The van der Waals surface area contributed by atoms with E-state index < -0.39 is 0 Å². The Labute approximate surface area is 137 Å². The fourth-order valence-electron chi connectivity index (χ4n) is 2.20. The van der Waals surface area contributed by atoms with Gasteiger partial charge in [-0.2, -0.15) is 0 Å². The molecule has 1 amide bonds. The molecular formula is C18H24N4O. The molecule has 0 aliphatic rings. The summed E-state index contributed by atoms with van der Waals surface area (Å²) in [5.41, 5.74) is 2.10. The molecule has 5 heteroatoms. The van der Waals surface area contributed by atoms with E-state index in [4.69, 9.17) is 0 Å². The first-order chi connectivity index (χ1) is 10.8. The number of amides is 1. The lowest BCUT2D eigenvalue weighted by Gasteiger charge is -2.20. The number of benzene rings is 1. The van der Waals surface area contributed by atoms with Gasteiger partial charge in [-0.05, 0) is 50.5 Å². The maximum absolute atomic E-state index is 12.4. The average molecular weight is 312 g/mol. The summed E-state index contributed by atoms with van der Waals surface area (Å²) in [5, 5.41) is 14.2. The second-order valence-corrected chi connectivity index (χ2v) is 6.87. The summed E-state index contributed by atoms with van der Waals surface area (Å²) in [7, 11) is 0. The molecule has 2 aromatic rings. The van der Waals surface area contributed by atoms with Crippen LogP contribution < -0.4 is 10.6 Å². The van der Waals surface area contributed by atoms with E-state index in [0.717, 1.165) is 11.3 Å². The number of nitrogens with one attached hydrogen (secondary N) is 2. The van der Waals surface area contributed by atoms with E-state index in [1.54, 1.807) is 12.1 Å². The van der Waals surface area contributed by atoms with Crippen LogP contribution in [-0.2, 0) is 0 Å². The van der Waals surface area contributed by atoms with Crippen LogP contribution >= 0.6 is 0 Å². The molecule has 0 atom stereocenters. The lowest BCUT2D eigenvalue weighted by molar-refractivity contribution is 0.102. The summed E-state index contributed by atoms with van der Waals surface area (Å²) in [6.07, 6.45) is 0. The topological polar surface area (TPSA) is 66.9 Å². The van der Waals surface area contributed by atoms with Gasteiger partial charge in [0.15, 0.2) is 5.69 Å². The molecule has 23 heavy (non-hydrogen) atoms. The highest BCUT2D eigenvalue weighted by molar-refractivity contribution is 6.03. The first kappa shape index (κ1) is 16.9. The predicted octanol–water partition coefficient (Wildman–Crippen LogP) is 4.06. The monoisotopic (exact) mass is 312 g/mol. The Kier molecular flexibility index (Phi) is 4.98. The molecule has 1 aromatic heterocycles. The third-order valence-electron chi connectivity index (χ3n) is 3.23. The maximum atomic E-state index is 12.4. The minimum absolute atomic E-state index is 0.103. The van der Waals surface area contributed by atoms with Crippen LogP contribution in [-0.4, -0.2) is 21.6 Å². The third kappa shape index (κ3) is 4.77. The van der Waals surface area contributed by atoms with E-state index in [1.165, 1.54) is 0 Å². The van der Waals surface area contributed by atoms with Gasteiger partial charge in [0.2, 0.25) is 0 Å². The highest BCUT2D eigenvalue weighted by atomic mass is 16.1. The Morgan fingerprint density at radius 3 is 2.30 bits per heavy atom. The number of hydrogen-bond donors (Lipinski definition) is 2. The first-order valence-electron chi connectivity index (χ1n) is 7.78. The van der Waals surface area contributed by atoms with Crippen LogP contribution in [0.15, 0.2) is 36.4 Å². The van der Waals surface area contributed by atoms with Crippen molar-refractivity contribution in [3.05, 3.63) is 47.7 Å². The number of nitrogens with zero attached hydrogens (tertiary/aromatic N) is 2. The molecule has 0 saturated heterocycles. The molecular weight excluding hydrogens is 288 g/mol. The highest BCUT2D eigenvalue weighted by Gasteiger charge is 2.14. The molecule has 0 radical (unpaired) electrons. The van der Waals surface area contributed by atoms with Crippen molar-refractivity contribution in [2.45, 2.75) is 46.1 Å². The Bertz CT molecular complexity index is 672. The van der Waals surface area contributed by atoms with Gasteiger partial charge in [-0.15, -0.1) is 10.2 Å². The van der Waals surface area contributed by atoms with Crippen LogP contribution in [0.4, 0.5) is 11.5 Å². The Hall–Kier alpha value is -2.43.